The molecule has 0 atom stereocenters. The third-order valence-electron chi connectivity index (χ3n) is 0.591. The van der Waals surface area contributed by atoms with Crippen LogP contribution in [0.5, 0.6) is 0 Å². The molecule has 0 spiro atoms. The molecule has 0 aromatic rings. The monoisotopic (exact) mass is 145 g/mol. The zero-order valence-electron chi connectivity index (χ0n) is 5.33. The number of nitrogens with zero attached hydrogens (tertiary/aromatic N) is 1. The van der Waals surface area contributed by atoms with Crippen molar-refractivity contribution in [3.05, 3.63) is 0 Å². The van der Waals surface area contributed by atoms with E-state index >= 15 is 0 Å². The van der Waals surface area contributed by atoms with E-state index < -0.39 is 17.8 Å². The normalized spacial score (nSPS) is 8.10. The highest BCUT2D eigenvalue weighted by Crippen LogP contribution is 1.77. The number of nitrogens with two attached hydrogens (primary N) is 2. The summed E-state index contributed by atoms with van der Waals surface area (Å²) in [4.78, 5) is 23.5. The lowest BCUT2D eigenvalue weighted by Crippen LogP contribution is -2.26. The van der Waals surface area contributed by atoms with Crippen LogP contribution >= 0.6 is 0 Å². The molecule has 0 unspecified atom stereocenters. The second kappa shape index (κ2) is 3.44. The molecule has 0 heterocycles. The summed E-state index contributed by atoms with van der Waals surface area (Å²) in [7, 11) is 1.06. The van der Waals surface area contributed by atoms with Crippen LogP contribution in [0, 0.1) is 0 Å². The first-order valence-electron chi connectivity index (χ1n) is 2.30. The van der Waals surface area contributed by atoms with Crippen molar-refractivity contribution in [2.45, 2.75) is 0 Å². The highest BCUT2D eigenvalue weighted by molar-refractivity contribution is 6.34. The number of amides is 1. The molecule has 0 radical (unpaired) electrons. The van der Waals surface area contributed by atoms with Crippen molar-refractivity contribution in [2.75, 3.05) is 7.11 Å². The van der Waals surface area contributed by atoms with Crippen molar-refractivity contribution in [1.82, 2.24) is 0 Å². The van der Waals surface area contributed by atoms with E-state index in [9.17, 15) is 9.59 Å². The van der Waals surface area contributed by atoms with Crippen LogP contribution in [0.2, 0.25) is 0 Å². The van der Waals surface area contributed by atoms with E-state index in [-0.39, 0.29) is 0 Å². The Hall–Kier alpha value is -1.59. The summed E-state index contributed by atoms with van der Waals surface area (Å²) in [5, 5.41) is 0. The number of esters is 1. The van der Waals surface area contributed by atoms with E-state index in [2.05, 4.69) is 9.73 Å². The van der Waals surface area contributed by atoms with Gasteiger partial charge in [0.05, 0.1) is 7.11 Å². The van der Waals surface area contributed by atoms with Crippen molar-refractivity contribution in [1.29, 1.82) is 0 Å². The zero-order chi connectivity index (χ0) is 8.15. The molecule has 0 aliphatic heterocycles. The molecule has 0 rings (SSSR count). The fourth-order valence-electron chi connectivity index (χ4n) is 0.250. The minimum atomic E-state index is -1.11. The summed E-state index contributed by atoms with van der Waals surface area (Å²) in [5.41, 5.74) is 9.57. The number of carbonyl (C=O) groups excluding carboxylic acids is 2. The Morgan fingerprint density at radius 1 is 1.40 bits per heavy atom. The second-order valence-corrected chi connectivity index (χ2v) is 1.33. The Bertz CT molecular complexity index is 182. The van der Waals surface area contributed by atoms with Gasteiger partial charge in [-0.3, -0.25) is 4.79 Å². The topological polar surface area (TPSA) is 108 Å². The van der Waals surface area contributed by atoms with Crippen molar-refractivity contribution in [3.8, 4) is 0 Å². The van der Waals surface area contributed by atoms with Crippen LogP contribution < -0.4 is 11.5 Å². The van der Waals surface area contributed by atoms with Crippen molar-refractivity contribution < 1.29 is 14.3 Å². The molecule has 0 aromatic carbocycles. The van der Waals surface area contributed by atoms with Gasteiger partial charge in [0, 0.05) is 0 Å². The van der Waals surface area contributed by atoms with Crippen LogP contribution in [-0.2, 0) is 14.3 Å². The van der Waals surface area contributed by atoms with Crippen LogP contribution in [0.25, 0.3) is 0 Å². The van der Waals surface area contributed by atoms with Crippen molar-refractivity contribution >= 4 is 17.8 Å². The van der Waals surface area contributed by atoms with Gasteiger partial charge in [0.15, 0.2) is 5.96 Å². The van der Waals surface area contributed by atoms with E-state index in [0.717, 1.165) is 7.11 Å². The predicted molar refractivity (Wildman–Crippen MR) is 32.8 cm³/mol. The van der Waals surface area contributed by atoms with Gasteiger partial charge in [-0.1, -0.05) is 0 Å². The molecule has 0 aromatic heterocycles. The summed E-state index contributed by atoms with van der Waals surface area (Å²) < 4.78 is 4.01. The lowest BCUT2D eigenvalue weighted by Gasteiger charge is -1.91. The van der Waals surface area contributed by atoms with Gasteiger partial charge < -0.3 is 16.2 Å². The first-order valence-corrected chi connectivity index (χ1v) is 2.30. The first kappa shape index (κ1) is 8.41. The summed E-state index contributed by atoms with van der Waals surface area (Å²) in [5.74, 6) is -2.66. The zero-order valence-corrected chi connectivity index (χ0v) is 5.33. The fraction of sp³-hybridized carbons (Fsp3) is 0.250. The number of ether oxygens (including phenoxy) is 1. The fourth-order valence-corrected chi connectivity index (χ4v) is 0.250. The molecule has 0 fully saturated rings. The Kier molecular flexibility index (Phi) is 2.89. The molecule has 0 aliphatic rings. The third kappa shape index (κ3) is 2.65. The highest BCUT2D eigenvalue weighted by Gasteiger charge is 2.11. The summed E-state index contributed by atoms with van der Waals surface area (Å²) in [6.45, 7) is 0. The third-order valence-corrected chi connectivity index (χ3v) is 0.591. The number of carbonyl (C=O) groups is 2. The number of methoxy groups -OCH3 is 1. The lowest BCUT2D eigenvalue weighted by molar-refractivity contribution is -0.151. The van der Waals surface area contributed by atoms with Gasteiger partial charge in [-0.15, -0.1) is 0 Å². The van der Waals surface area contributed by atoms with E-state index in [0.29, 0.717) is 0 Å². The quantitative estimate of drug-likeness (QED) is 0.177. The summed E-state index contributed by atoms with van der Waals surface area (Å²) in [6, 6.07) is 0. The average Bonchev–Trinajstić information content (AvgIpc) is 1.85. The van der Waals surface area contributed by atoms with Gasteiger partial charge in [0.1, 0.15) is 0 Å². The Morgan fingerprint density at radius 2 is 1.90 bits per heavy atom. The molecule has 56 valence electrons. The molecule has 1 amide bonds. The maximum Gasteiger partial charge on any atom is 0.399 e. The van der Waals surface area contributed by atoms with Gasteiger partial charge in [-0.25, -0.2) is 4.79 Å². The molecule has 4 N–H and O–H groups in total. The van der Waals surface area contributed by atoms with Crippen LogP contribution in [0.3, 0.4) is 0 Å². The minimum absolute atomic E-state index is 0.463. The molecule has 6 heteroatoms. The second-order valence-electron chi connectivity index (χ2n) is 1.33. The molecule has 0 bridgehead atoms. The number of aliphatic imine (C=N–C) groups is 1. The largest absolute Gasteiger partial charge is 0.462 e. The molecule has 0 saturated carbocycles. The van der Waals surface area contributed by atoms with Crippen LogP contribution in [-0.4, -0.2) is 24.9 Å². The molecule has 10 heavy (non-hydrogen) atoms. The Balaban J connectivity index is 4.11. The van der Waals surface area contributed by atoms with Gasteiger partial charge in [0.25, 0.3) is 0 Å². The molecule has 0 saturated heterocycles. The van der Waals surface area contributed by atoms with Crippen LogP contribution in [0.1, 0.15) is 0 Å². The highest BCUT2D eigenvalue weighted by atomic mass is 16.5. The summed E-state index contributed by atoms with van der Waals surface area (Å²) in [6.07, 6.45) is 0. The SMILES string of the molecule is COC(=O)C(=O)N=C(N)N. The molecule has 6 nitrogen and oxygen atoms in total. The number of hydrogen-bond donors (Lipinski definition) is 2. The van der Waals surface area contributed by atoms with E-state index in [1.165, 1.54) is 0 Å². The number of hydrogen-bond acceptors (Lipinski definition) is 3. The summed E-state index contributed by atoms with van der Waals surface area (Å²) >= 11 is 0. The lowest BCUT2D eigenvalue weighted by atomic mass is 10.6. The van der Waals surface area contributed by atoms with Gasteiger partial charge >= 0.3 is 11.9 Å². The number of guanidine groups is 1. The van der Waals surface area contributed by atoms with E-state index in [1.54, 1.807) is 0 Å². The van der Waals surface area contributed by atoms with Gasteiger partial charge in [-0.2, -0.15) is 4.99 Å². The van der Waals surface area contributed by atoms with Gasteiger partial charge in [0.2, 0.25) is 0 Å². The van der Waals surface area contributed by atoms with E-state index in [4.69, 9.17) is 11.5 Å². The molecule has 0 aliphatic carbocycles. The average molecular weight is 145 g/mol. The smallest absolute Gasteiger partial charge is 0.399 e. The first-order chi connectivity index (χ1) is 4.57. The maximum absolute atomic E-state index is 10.4. The van der Waals surface area contributed by atoms with E-state index in [1.807, 2.05) is 0 Å². The molecular weight excluding hydrogens is 138 g/mol. The Morgan fingerprint density at radius 3 is 2.20 bits per heavy atom. The van der Waals surface area contributed by atoms with Gasteiger partial charge in [-0.05, 0) is 0 Å². The number of rotatable bonds is 0. The predicted octanol–water partition coefficient (Wildman–Crippen LogP) is -2.04. The van der Waals surface area contributed by atoms with Crippen molar-refractivity contribution in [2.24, 2.45) is 16.5 Å². The van der Waals surface area contributed by atoms with Crippen LogP contribution in [0.15, 0.2) is 4.99 Å². The standard InChI is InChI=1S/C4H7N3O3/c1-10-3(9)2(8)7-4(5)6/h1H3,(H4,5,6,7,8). The van der Waals surface area contributed by atoms with Crippen molar-refractivity contribution in [3.63, 3.8) is 0 Å². The minimum Gasteiger partial charge on any atom is -0.462 e. The maximum atomic E-state index is 10.4. The Labute approximate surface area is 56.8 Å². The van der Waals surface area contributed by atoms with Crippen LogP contribution in [0.4, 0.5) is 0 Å². The molecular formula is C4H7N3O3.